The fourth-order valence-electron chi connectivity index (χ4n) is 0.687. The monoisotopic (exact) mass is 141 g/mol. The third kappa shape index (κ3) is 1.04. The van der Waals surface area contributed by atoms with Gasteiger partial charge in [-0.25, -0.2) is 5.84 Å². The third-order valence-corrected chi connectivity index (χ3v) is 1.32. The third-order valence-electron chi connectivity index (χ3n) is 1.32. The Kier molecular flexibility index (Phi) is 1.52. The lowest BCUT2D eigenvalue weighted by atomic mass is 10.2. The van der Waals surface area contributed by atoms with Crippen LogP contribution in [-0.4, -0.2) is 11.2 Å². The molecule has 1 aliphatic rings. The molecule has 0 aromatic rings. The van der Waals surface area contributed by atoms with E-state index in [1.54, 1.807) is 6.08 Å². The van der Waals surface area contributed by atoms with Crippen LogP contribution in [0, 0.1) is 0 Å². The van der Waals surface area contributed by atoms with E-state index in [-0.39, 0.29) is 6.17 Å². The summed E-state index contributed by atoms with van der Waals surface area (Å²) in [6.07, 6.45) is 2.72. The first-order chi connectivity index (χ1) is 4.61. The zero-order chi connectivity index (χ0) is 7.72. The van der Waals surface area contributed by atoms with E-state index < -0.39 is 0 Å². The quantitative estimate of drug-likeness (QED) is 0.295. The van der Waals surface area contributed by atoms with Crippen LogP contribution in [-0.2, 0) is 0 Å². The maximum absolute atomic E-state index is 5.48. The van der Waals surface area contributed by atoms with Gasteiger partial charge in [-0.1, -0.05) is 0 Å². The molecule has 0 radical (unpaired) electrons. The smallest absolute Gasteiger partial charge is 0.113 e. The molecule has 0 amide bonds. The molecule has 1 aliphatic heterocycles. The summed E-state index contributed by atoms with van der Waals surface area (Å²) < 4.78 is 0. The minimum atomic E-state index is -0.368. The Morgan fingerprint density at radius 3 is 2.40 bits per heavy atom. The summed E-state index contributed by atoms with van der Waals surface area (Å²) in [5.41, 5.74) is 17.3. The van der Waals surface area contributed by atoms with Crippen LogP contribution in [0.3, 0.4) is 0 Å². The lowest BCUT2D eigenvalue weighted by Gasteiger charge is -2.24. The molecule has 0 aromatic heterocycles. The summed E-state index contributed by atoms with van der Waals surface area (Å²) in [7, 11) is 0. The van der Waals surface area contributed by atoms with Crippen molar-refractivity contribution in [2.24, 2.45) is 23.0 Å². The van der Waals surface area contributed by atoms with Gasteiger partial charge in [0.1, 0.15) is 6.17 Å². The van der Waals surface area contributed by atoms with Gasteiger partial charge in [-0.2, -0.15) is 0 Å². The first kappa shape index (κ1) is 6.91. The fraction of sp³-hybridized carbons (Fsp3) is 0.200. The normalized spacial score (nSPS) is 25.8. The van der Waals surface area contributed by atoms with Crippen LogP contribution in [0.2, 0.25) is 0 Å². The molecule has 0 fully saturated rings. The van der Waals surface area contributed by atoms with Crippen molar-refractivity contribution in [1.29, 1.82) is 0 Å². The van der Waals surface area contributed by atoms with Gasteiger partial charge in [-0.15, -0.1) is 0 Å². The average molecular weight is 141 g/mol. The molecule has 1 unspecified atom stereocenters. The highest BCUT2D eigenvalue weighted by molar-refractivity contribution is 5.29. The van der Waals surface area contributed by atoms with Crippen LogP contribution >= 0.6 is 0 Å². The molecule has 5 heteroatoms. The van der Waals surface area contributed by atoms with E-state index in [1.165, 1.54) is 11.2 Å². The predicted octanol–water partition coefficient (Wildman–Crippen LogP) is -1.90. The lowest BCUT2D eigenvalue weighted by Crippen LogP contribution is -2.45. The zero-order valence-electron chi connectivity index (χ0n) is 5.49. The molecular weight excluding hydrogens is 130 g/mol. The van der Waals surface area contributed by atoms with Gasteiger partial charge < -0.3 is 17.2 Å². The second kappa shape index (κ2) is 2.20. The summed E-state index contributed by atoms with van der Waals surface area (Å²) in [4.78, 5) is 0. The zero-order valence-corrected chi connectivity index (χ0v) is 5.49. The Morgan fingerprint density at radius 2 is 1.90 bits per heavy atom. The molecule has 0 spiro atoms. The number of nitrogens with two attached hydrogens (primary N) is 4. The number of hydrogen-bond acceptors (Lipinski definition) is 5. The maximum atomic E-state index is 5.48. The standard InChI is InChI=1S/C5H11N5/c6-3-1-5(8)10(9)2-4(3)7/h1-2,5H,6-9H2. The van der Waals surface area contributed by atoms with Gasteiger partial charge in [0.25, 0.3) is 0 Å². The van der Waals surface area contributed by atoms with E-state index in [2.05, 4.69) is 0 Å². The van der Waals surface area contributed by atoms with Crippen LogP contribution in [0.15, 0.2) is 23.7 Å². The summed E-state index contributed by atoms with van der Waals surface area (Å²) >= 11 is 0. The van der Waals surface area contributed by atoms with Gasteiger partial charge in [-0.05, 0) is 6.08 Å². The van der Waals surface area contributed by atoms with Gasteiger partial charge in [-0.3, -0.25) is 5.01 Å². The van der Waals surface area contributed by atoms with Gasteiger partial charge in [0, 0.05) is 6.20 Å². The van der Waals surface area contributed by atoms with Crippen molar-refractivity contribution in [1.82, 2.24) is 5.01 Å². The molecule has 0 aromatic carbocycles. The Hall–Kier alpha value is -1.20. The van der Waals surface area contributed by atoms with Crippen molar-refractivity contribution in [2.75, 3.05) is 0 Å². The van der Waals surface area contributed by atoms with Crippen molar-refractivity contribution < 1.29 is 0 Å². The number of rotatable bonds is 0. The molecular formula is C5H11N5. The molecule has 1 heterocycles. The maximum Gasteiger partial charge on any atom is 0.113 e. The molecule has 1 rings (SSSR count). The first-order valence-electron chi connectivity index (χ1n) is 2.85. The van der Waals surface area contributed by atoms with E-state index in [0.29, 0.717) is 11.4 Å². The Labute approximate surface area is 58.9 Å². The van der Waals surface area contributed by atoms with E-state index in [9.17, 15) is 0 Å². The first-order valence-corrected chi connectivity index (χ1v) is 2.85. The lowest BCUT2D eigenvalue weighted by molar-refractivity contribution is 0.328. The predicted molar refractivity (Wildman–Crippen MR) is 38.5 cm³/mol. The number of nitrogens with zero attached hydrogens (tertiary/aromatic N) is 1. The fourth-order valence-corrected chi connectivity index (χ4v) is 0.687. The van der Waals surface area contributed by atoms with Crippen molar-refractivity contribution in [2.45, 2.75) is 6.17 Å². The highest BCUT2D eigenvalue weighted by atomic mass is 15.4. The van der Waals surface area contributed by atoms with Crippen LogP contribution in [0.4, 0.5) is 0 Å². The van der Waals surface area contributed by atoms with E-state index in [1.807, 2.05) is 0 Å². The number of hydrogen-bond donors (Lipinski definition) is 4. The van der Waals surface area contributed by atoms with Crippen LogP contribution in [0.5, 0.6) is 0 Å². The summed E-state index contributed by atoms with van der Waals surface area (Å²) in [5.74, 6) is 5.38. The van der Waals surface area contributed by atoms with Gasteiger partial charge in [0.15, 0.2) is 0 Å². The van der Waals surface area contributed by atoms with Crippen molar-refractivity contribution in [3.8, 4) is 0 Å². The second-order valence-electron chi connectivity index (χ2n) is 2.14. The number of hydrazine groups is 1. The highest BCUT2D eigenvalue weighted by Gasteiger charge is 2.11. The van der Waals surface area contributed by atoms with E-state index in [4.69, 9.17) is 23.0 Å². The van der Waals surface area contributed by atoms with Crippen molar-refractivity contribution in [3.63, 3.8) is 0 Å². The van der Waals surface area contributed by atoms with Gasteiger partial charge in [0.2, 0.25) is 0 Å². The van der Waals surface area contributed by atoms with E-state index in [0.717, 1.165) is 0 Å². The largest absolute Gasteiger partial charge is 0.397 e. The highest BCUT2D eigenvalue weighted by Crippen LogP contribution is 2.05. The van der Waals surface area contributed by atoms with Gasteiger partial charge in [0.05, 0.1) is 11.4 Å². The molecule has 1 atom stereocenters. The van der Waals surface area contributed by atoms with E-state index >= 15 is 0 Å². The summed E-state index contributed by atoms with van der Waals surface area (Å²) in [5, 5.41) is 1.30. The molecule has 56 valence electrons. The molecule has 0 aliphatic carbocycles. The minimum Gasteiger partial charge on any atom is -0.397 e. The van der Waals surface area contributed by atoms with Crippen LogP contribution in [0.1, 0.15) is 0 Å². The summed E-state index contributed by atoms with van der Waals surface area (Å²) in [6.45, 7) is 0. The van der Waals surface area contributed by atoms with Crippen LogP contribution < -0.4 is 23.0 Å². The SMILES string of the molecule is NC1=CC(N)N(N)C=C1N. The molecule has 8 N–H and O–H groups in total. The molecule has 0 saturated heterocycles. The average Bonchev–Trinajstić information content (AvgIpc) is 1.84. The molecule has 5 nitrogen and oxygen atoms in total. The Morgan fingerprint density at radius 1 is 1.30 bits per heavy atom. The van der Waals surface area contributed by atoms with Crippen molar-refractivity contribution in [3.05, 3.63) is 23.7 Å². The topological polar surface area (TPSA) is 107 Å². The van der Waals surface area contributed by atoms with Crippen molar-refractivity contribution >= 4 is 0 Å². The Bertz CT molecular complexity index is 172. The Balaban J connectivity index is 2.83. The van der Waals surface area contributed by atoms with Crippen LogP contribution in [0.25, 0.3) is 0 Å². The van der Waals surface area contributed by atoms with Gasteiger partial charge >= 0.3 is 0 Å². The summed E-state index contributed by atoms with van der Waals surface area (Å²) in [6, 6.07) is 0. The molecule has 0 saturated carbocycles. The minimum absolute atomic E-state index is 0.368. The molecule has 10 heavy (non-hydrogen) atoms. The molecule has 0 bridgehead atoms. The second-order valence-corrected chi connectivity index (χ2v) is 2.14.